The minimum absolute atomic E-state index is 0.0470. The van der Waals surface area contributed by atoms with Crippen LogP contribution in [0.3, 0.4) is 0 Å². The second kappa shape index (κ2) is 10.00. The molecule has 0 aromatic carbocycles. The van der Waals surface area contributed by atoms with E-state index >= 15 is 0 Å². The minimum atomic E-state index is -0.678. The third-order valence-corrected chi connectivity index (χ3v) is 7.15. The molecule has 1 atom stereocenters. The summed E-state index contributed by atoms with van der Waals surface area (Å²) in [5, 5.41) is 7.17. The molecule has 3 aromatic rings. The van der Waals surface area contributed by atoms with E-state index in [0.29, 0.717) is 13.0 Å². The summed E-state index contributed by atoms with van der Waals surface area (Å²) in [6, 6.07) is 11.1. The quantitative estimate of drug-likeness (QED) is 0.559. The summed E-state index contributed by atoms with van der Waals surface area (Å²) in [5.74, 6) is -0.154. The van der Waals surface area contributed by atoms with E-state index in [1.54, 1.807) is 40.0 Å². The van der Waals surface area contributed by atoms with Gasteiger partial charge in [0.15, 0.2) is 0 Å². The lowest BCUT2D eigenvalue weighted by Gasteiger charge is -2.32. The first-order chi connectivity index (χ1) is 14.7. The number of amides is 2. The van der Waals surface area contributed by atoms with E-state index in [0.717, 1.165) is 41.0 Å². The Hall–Kier alpha value is -2.51. The molecule has 1 aliphatic rings. The molecule has 0 unspecified atom stereocenters. The summed E-state index contributed by atoms with van der Waals surface area (Å²) < 4.78 is 0. The molecule has 5 nitrogen and oxygen atoms in total. The van der Waals surface area contributed by atoms with Crippen molar-refractivity contribution in [2.24, 2.45) is 0 Å². The molecule has 30 heavy (non-hydrogen) atoms. The summed E-state index contributed by atoms with van der Waals surface area (Å²) in [4.78, 5) is 34.8. The number of carbonyl (C=O) groups is 2. The molecule has 0 spiro atoms. The van der Waals surface area contributed by atoms with Gasteiger partial charge in [0, 0.05) is 28.2 Å². The lowest BCUT2D eigenvalue weighted by molar-refractivity contribution is -0.141. The molecule has 0 radical (unpaired) electrons. The Labute approximate surface area is 184 Å². The van der Waals surface area contributed by atoms with Crippen LogP contribution in [0.15, 0.2) is 59.6 Å². The summed E-state index contributed by atoms with van der Waals surface area (Å²) in [6.07, 6.45) is 7.94. The van der Waals surface area contributed by atoms with Gasteiger partial charge in [-0.2, -0.15) is 0 Å². The molecule has 1 N–H and O–H groups in total. The van der Waals surface area contributed by atoms with E-state index in [1.807, 2.05) is 47.2 Å². The summed E-state index contributed by atoms with van der Waals surface area (Å²) >= 11 is 3.16. The Morgan fingerprint density at radius 3 is 2.33 bits per heavy atom. The van der Waals surface area contributed by atoms with Gasteiger partial charge in [0.05, 0.1) is 13.0 Å². The fourth-order valence-corrected chi connectivity index (χ4v) is 5.33. The van der Waals surface area contributed by atoms with E-state index < -0.39 is 6.04 Å². The van der Waals surface area contributed by atoms with Crippen molar-refractivity contribution >= 4 is 34.5 Å². The lowest BCUT2D eigenvalue weighted by Crippen LogP contribution is -2.46. The third-order valence-electron chi connectivity index (χ3n) is 5.42. The molecule has 0 saturated heterocycles. The highest BCUT2D eigenvalue weighted by Gasteiger charge is 2.33. The van der Waals surface area contributed by atoms with Gasteiger partial charge < -0.3 is 10.2 Å². The van der Waals surface area contributed by atoms with E-state index in [4.69, 9.17) is 0 Å². The molecule has 4 rings (SSSR count). The zero-order chi connectivity index (χ0) is 20.8. The fourth-order valence-electron chi connectivity index (χ4n) is 3.93. The van der Waals surface area contributed by atoms with Crippen molar-refractivity contribution in [2.45, 2.75) is 50.7 Å². The second-order valence-corrected chi connectivity index (χ2v) is 9.59. The molecule has 156 valence electrons. The van der Waals surface area contributed by atoms with Crippen LogP contribution in [-0.4, -0.2) is 27.7 Å². The lowest BCUT2D eigenvalue weighted by atomic mass is 10.0. The Kier molecular flexibility index (Phi) is 6.92. The number of thiophene rings is 2. The predicted octanol–water partition coefficient (Wildman–Crippen LogP) is 4.58. The van der Waals surface area contributed by atoms with E-state index in [1.165, 1.54) is 0 Å². The Bertz CT molecular complexity index is 936. The van der Waals surface area contributed by atoms with E-state index in [2.05, 4.69) is 10.3 Å². The van der Waals surface area contributed by atoms with Crippen LogP contribution in [-0.2, 0) is 22.6 Å². The van der Waals surface area contributed by atoms with Crippen LogP contribution >= 0.6 is 22.7 Å². The van der Waals surface area contributed by atoms with Crippen LogP contribution in [0, 0.1) is 0 Å². The van der Waals surface area contributed by atoms with Crippen molar-refractivity contribution in [3.05, 3.63) is 74.9 Å². The maximum absolute atomic E-state index is 13.5. The standard InChI is InChI=1S/C23H25N3O2S2/c27-21(15-19-7-3-13-29-19)26(16-20-8-4-14-30-20)22(17-9-11-24-12-10-17)23(28)25-18-5-1-2-6-18/h3-4,7-14,18,22H,1-2,5-6,15-16H2,(H,25,28)/t22-/m1/s1. The van der Waals surface area contributed by atoms with Gasteiger partial charge in [-0.05, 0) is 53.4 Å². The largest absolute Gasteiger partial charge is 0.351 e. The van der Waals surface area contributed by atoms with Gasteiger partial charge in [-0.3, -0.25) is 14.6 Å². The van der Waals surface area contributed by atoms with Gasteiger partial charge in [0.2, 0.25) is 11.8 Å². The van der Waals surface area contributed by atoms with Crippen molar-refractivity contribution < 1.29 is 9.59 Å². The smallest absolute Gasteiger partial charge is 0.247 e. The van der Waals surface area contributed by atoms with Crippen LogP contribution in [0.5, 0.6) is 0 Å². The minimum Gasteiger partial charge on any atom is -0.351 e. The number of nitrogens with zero attached hydrogens (tertiary/aromatic N) is 2. The van der Waals surface area contributed by atoms with Crippen LogP contribution in [0.2, 0.25) is 0 Å². The molecule has 2 amide bonds. The van der Waals surface area contributed by atoms with Gasteiger partial charge in [-0.15, -0.1) is 22.7 Å². The number of nitrogens with one attached hydrogen (secondary N) is 1. The van der Waals surface area contributed by atoms with Gasteiger partial charge in [-0.25, -0.2) is 0 Å². The first-order valence-corrected chi connectivity index (χ1v) is 12.0. The SMILES string of the molecule is O=C(NC1CCCC1)[C@@H](c1ccncc1)N(Cc1cccs1)C(=O)Cc1cccs1. The highest BCUT2D eigenvalue weighted by Crippen LogP contribution is 2.27. The molecule has 0 aliphatic heterocycles. The van der Waals surface area contributed by atoms with E-state index in [-0.39, 0.29) is 17.9 Å². The molecule has 3 aromatic heterocycles. The fraction of sp³-hybridized carbons (Fsp3) is 0.348. The van der Waals surface area contributed by atoms with Gasteiger partial charge >= 0.3 is 0 Å². The molecule has 7 heteroatoms. The highest BCUT2D eigenvalue weighted by atomic mass is 32.1. The van der Waals surface area contributed by atoms with Crippen molar-refractivity contribution in [2.75, 3.05) is 0 Å². The van der Waals surface area contributed by atoms with Gasteiger partial charge in [0.25, 0.3) is 0 Å². The van der Waals surface area contributed by atoms with E-state index in [9.17, 15) is 9.59 Å². The van der Waals surface area contributed by atoms with Crippen LogP contribution in [0.25, 0.3) is 0 Å². The number of hydrogen-bond acceptors (Lipinski definition) is 5. The number of pyridine rings is 1. The number of hydrogen-bond donors (Lipinski definition) is 1. The van der Waals surface area contributed by atoms with Crippen molar-refractivity contribution in [3.63, 3.8) is 0 Å². The van der Waals surface area contributed by atoms with Crippen LogP contribution in [0.1, 0.15) is 47.0 Å². The van der Waals surface area contributed by atoms with Crippen molar-refractivity contribution in [1.29, 1.82) is 0 Å². The molecule has 1 aliphatic carbocycles. The number of rotatable bonds is 8. The third kappa shape index (κ3) is 5.15. The molecule has 0 bridgehead atoms. The molecular weight excluding hydrogens is 414 g/mol. The molecule has 1 fully saturated rings. The average Bonchev–Trinajstić information content (AvgIpc) is 3.52. The maximum atomic E-state index is 13.5. The number of carbonyl (C=O) groups excluding carboxylic acids is 2. The average molecular weight is 440 g/mol. The van der Waals surface area contributed by atoms with Crippen LogP contribution < -0.4 is 5.32 Å². The highest BCUT2D eigenvalue weighted by molar-refractivity contribution is 7.10. The molecule has 3 heterocycles. The topological polar surface area (TPSA) is 62.3 Å². The summed E-state index contributed by atoms with van der Waals surface area (Å²) in [7, 11) is 0. The van der Waals surface area contributed by atoms with Crippen LogP contribution in [0.4, 0.5) is 0 Å². The summed E-state index contributed by atoms with van der Waals surface area (Å²) in [6.45, 7) is 0.410. The Morgan fingerprint density at radius 1 is 1.03 bits per heavy atom. The normalized spacial score (nSPS) is 15.1. The maximum Gasteiger partial charge on any atom is 0.247 e. The van der Waals surface area contributed by atoms with Gasteiger partial charge in [-0.1, -0.05) is 25.0 Å². The summed E-state index contributed by atoms with van der Waals surface area (Å²) in [5.41, 5.74) is 0.789. The Morgan fingerprint density at radius 2 is 1.70 bits per heavy atom. The first kappa shape index (κ1) is 20.8. The Balaban J connectivity index is 1.65. The first-order valence-electron chi connectivity index (χ1n) is 10.3. The zero-order valence-corrected chi connectivity index (χ0v) is 18.3. The monoisotopic (exact) mass is 439 g/mol. The zero-order valence-electron chi connectivity index (χ0n) is 16.7. The van der Waals surface area contributed by atoms with Crippen molar-refractivity contribution in [3.8, 4) is 0 Å². The van der Waals surface area contributed by atoms with Crippen molar-refractivity contribution in [1.82, 2.24) is 15.2 Å². The molecular formula is C23H25N3O2S2. The van der Waals surface area contributed by atoms with Gasteiger partial charge in [0.1, 0.15) is 6.04 Å². The predicted molar refractivity (Wildman–Crippen MR) is 120 cm³/mol. The molecule has 1 saturated carbocycles. The second-order valence-electron chi connectivity index (χ2n) is 7.53. The number of aromatic nitrogens is 1.